The molecule has 1 aromatic heterocycles. The average molecular weight is 408 g/mol. The third-order valence-corrected chi connectivity index (χ3v) is 4.80. The summed E-state index contributed by atoms with van der Waals surface area (Å²) >= 11 is -2.42. The molecule has 0 fully saturated rings. The maximum Gasteiger partial charge on any atom is 0.416 e. The first-order chi connectivity index (χ1) is 13.2. The van der Waals surface area contributed by atoms with Crippen LogP contribution in [0.4, 0.5) is 17.6 Å². The molecule has 0 amide bonds. The van der Waals surface area contributed by atoms with Gasteiger partial charge in [-0.15, -0.1) is 0 Å². The van der Waals surface area contributed by atoms with Gasteiger partial charge in [-0.05, 0) is 41.8 Å². The summed E-state index contributed by atoms with van der Waals surface area (Å²) in [5.41, 5.74) is 1.21. The van der Waals surface area contributed by atoms with Crippen molar-refractivity contribution >= 4 is 11.1 Å². The summed E-state index contributed by atoms with van der Waals surface area (Å²) in [5.74, 6) is -1.14. The van der Waals surface area contributed by atoms with Crippen molar-refractivity contribution in [3.05, 3.63) is 77.2 Å². The summed E-state index contributed by atoms with van der Waals surface area (Å²) in [4.78, 5) is 4.25. The second-order valence-corrected chi connectivity index (χ2v) is 7.08. The molecule has 28 heavy (non-hydrogen) atoms. The summed E-state index contributed by atoms with van der Waals surface area (Å²) in [5, 5.41) is 0. The Bertz CT molecular complexity index is 1050. The maximum atomic E-state index is 14.3. The lowest BCUT2D eigenvalue weighted by Gasteiger charge is -2.14. The average Bonchev–Trinajstić information content (AvgIpc) is 2.62. The van der Waals surface area contributed by atoms with Crippen LogP contribution in [0.3, 0.4) is 0 Å². The van der Waals surface area contributed by atoms with E-state index in [1.54, 1.807) is 12.1 Å². The van der Waals surface area contributed by atoms with Crippen LogP contribution in [0.2, 0.25) is 0 Å². The molecule has 0 saturated heterocycles. The molecule has 0 bridgehead atoms. The van der Waals surface area contributed by atoms with Crippen LogP contribution in [0.15, 0.2) is 54.7 Å². The number of aryl methyl sites for hydroxylation is 1. The predicted molar refractivity (Wildman–Crippen MR) is 97.4 cm³/mol. The molecule has 1 heterocycles. The molecule has 0 aliphatic rings. The van der Waals surface area contributed by atoms with Gasteiger partial charge in [0.2, 0.25) is 0 Å². The van der Waals surface area contributed by atoms with Gasteiger partial charge in [0.25, 0.3) is 0 Å². The first-order valence-electron chi connectivity index (χ1n) is 8.14. The Labute approximate surface area is 161 Å². The van der Waals surface area contributed by atoms with E-state index in [2.05, 4.69) is 4.98 Å². The zero-order chi connectivity index (χ0) is 20.5. The fourth-order valence-corrected chi connectivity index (χ4v) is 3.44. The van der Waals surface area contributed by atoms with Gasteiger partial charge in [-0.1, -0.05) is 41.4 Å². The van der Waals surface area contributed by atoms with E-state index in [-0.39, 0.29) is 11.1 Å². The molecule has 3 aromatic rings. The van der Waals surface area contributed by atoms with Crippen molar-refractivity contribution in [1.82, 2.24) is 4.98 Å². The molecule has 0 saturated carbocycles. The molecule has 0 N–H and O–H groups in total. The molecule has 3 nitrogen and oxygen atoms in total. The third-order valence-electron chi connectivity index (χ3n) is 4.25. The van der Waals surface area contributed by atoms with Crippen molar-refractivity contribution in [2.24, 2.45) is 0 Å². The lowest BCUT2D eigenvalue weighted by molar-refractivity contribution is -0.138. The molecule has 0 aliphatic heterocycles. The van der Waals surface area contributed by atoms with E-state index >= 15 is 0 Å². The first kappa shape index (κ1) is 20.2. The number of halogens is 4. The largest absolute Gasteiger partial charge is 0.772 e. The number of benzene rings is 2. The summed E-state index contributed by atoms with van der Waals surface area (Å²) in [6.45, 7) is 1.37. The zero-order valence-corrected chi connectivity index (χ0v) is 15.4. The molecule has 0 radical (unpaired) electrons. The third kappa shape index (κ3) is 4.28. The number of pyridine rings is 1. The number of aromatic nitrogens is 1. The Hall–Kier alpha value is -2.58. The Morgan fingerprint density at radius 2 is 1.79 bits per heavy atom. The van der Waals surface area contributed by atoms with E-state index < -0.39 is 34.4 Å². The topological polar surface area (TPSA) is 53.0 Å². The monoisotopic (exact) mass is 408 g/mol. The van der Waals surface area contributed by atoms with Gasteiger partial charge in [0, 0.05) is 23.1 Å². The van der Waals surface area contributed by atoms with E-state index in [1.165, 1.54) is 43.5 Å². The summed E-state index contributed by atoms with van der Waals surface area (Å²) in [6, 6.07) is 11.2. The normalized spacial score (nSPS) is 12.8. The molecule has 1 atom stereocenters. The molecule has 146 valence electrons. The highest BCUT2D eigenvalue weighted by Crippen LogP contribution is 2.36. The molecule has 2 aromatic carbocycles. The van der Waals surface area contributed by atoms with Crippen LogP contribution in [0.25, 0.3) is 22.4 Å². The lowest BCUT2D eigenvalue weighted by Crippen LogP contribution is -2.07. The lowest BCUT2D eigenvalue weighted by atomic mass is 9.95. The van der Waals surface area contributed by atoms with Gasteiger partial charge in [-0.2, -0.15) is 13.2 Å². The van der Waals surface area contributed by atoms with Crippen LogP contribution in [0.1, 0.15) is 16.7 Å². The van der Waals surface area contributed by atoms with Crippen molar-refractivity contribution in [2.45, 2.75) is 18.9 Å². The summed E-state index contributed by atoms with van der Waals surface area (Å²) in [7, 11) is 0. The summed E-state index contributed by atoms with van der Waals surface area (Å²) < 4.78 is 74.8. The van der Waals surface area contributed by atoms with Crippen molar-refractivity contribution in [3.63, 3.8) is 0 Å². The molecule has 0 aliphatic carbocycles. The van der Waals surface area contributed by atoms with E-state index in [0.717, 1.165) is 6.07 Å². The minimum atomic E-state index is -4.44. The van der Waals surface area contributed by atoms with Crippen LogP contribution in [-0.4, -0.2) is 13.7 Å². The minimum Gasteiger partial charge on any atom is -0.772 e. The van der Waals surface area contributed by atoms with Gasteiger partial charge in [0.05, 0.1) is 11.3 Å². The van der Waals surface area contributed by atoms with Gasteiger partial charge < -0.3 is 4.55 Å². The zero-order valence-electron chi connectivity index (χ0n) is 14.6. The maximum absolute atomic E-state index is 14.3. The van der Waals surface area contributed by atoms with E-state index in [0.29, 0.717) is 22.4 Å². The van der Waals surface area contributed by atoms with Crippen LogP contribution in [-0.2, 0) is 23.0 Å². The number of alkyl halides is 3. The fourth-order valence-electron chi connectivity index (χ4n) is 2.96. The first-order valence-corrected chi connectivity index (χ1v) is 9.39. The molecule has 8 heteroatoms. The Morgan fingerprint density at radius 3 is 2.39 bits per heavy atom. The van der Waals surface area contributed by atoms with Crippen molar-refractivity contribution in [2.75, 3.05) is 0 Å². The molecule has 0 spiro atoms. The van der Waals surface area contributed by atoms with Crippen molar-refractivity contribution in [1.29, 1.82) is 0 Å². The SMILES string of the molecule is Cc1cc(-c2cccnc2-c2ccc(CS(=O)[O-])c(F)c2)ccc1C(F)(F)F. The van der Waals surface area contributed by atoms with Crippen LogP contribution < -0.4 is 0 Å². The fraction of sp³-hybridized carbons (Fsp3) is 0.150. The Morgan fingerprint density at radius 1 is 1.07 bits per heavy atom. The number of nitrogens with zero attached hydrogens (tertiary/aromatic N) is 1. The molecular formula is C20H14F4NO2S-. The van der Waals surface area contributed by atoms with E-state index in [1.807, 2.05) is 0 Å². The second-order valence-electron chi connectivity index (χ2n) is 6.18. The predicted octanol–water partition coefficient (Wildman–Crippen LogP) is 5.26. The van der Waals surface area contributed by atoms with Crippen LogP contribution >= 0.6 is 0 Å². The second kappa shape index (κ2) is 7.81. The van der Waals surface area contributed by atoms with E-state index in [4.69, 9.17) is 0 Å². The van der Waals surface area contributed by atoms with Gasteiger partial charge in [-0.3, -0.25) is 9.19 Å². The molecule has 3 rings (SSSR count). The Balaban J connectivity index is 2.07. The molecular weight excluding hydrogens is 394 g/mol. The highest BCUT2D eigenvalue weighted by atomic mass is 32.2. The van der Waals surface area contributed by atoms with Crippen molar-refractivity contribution in [3.8, 4) is 22.4 Å². The quantitative estimate of drug-likeness (QED) is 0.437. The number of hydrogen-bond acceptors (Lipinski definition) is 3. The number of rotatable bonds is 4. The standard InChI is InChI=1S/C20H15F4NO2S/c1-12-9-13(6-7-17(12)20(22,23)24)16-3-2-8-25-19(16)14-4-5-15(11-28(26)27)18(21)10-14/h2-10H,11H2,1H3,(H,26,27)/p-1. The van der Waals surface area contributed by atoms with Crippen LogP contribution in [0.5, 0.6) is 0 Å². The van der Waals surface area contributed by atoms with Crippen LogP contribution in [0, 0.1) is 12.7 Å². The summed E-state index contributed by atoms with van der Waals surface area (Å²) in [6.07, 6.45) is -2.95. The molecule has 1 unspecified atom stereocenters. The van der Waals surface area contributed by atoms with Gasteiger partial charge in [0.15, 0.2) is 0 Å². The van der Waals surface area contributed by atoms with Gasteiger partial charge in [0.1, 0.15) is 5.82 Å². The number of hydrogen-bond donors (Lipinski definition) is 0. The van der Waals surface area contributed by atoms with Gasteiger partial charge >= 0.3 is 6.18 Å². The highest BCUT2D eigenvalue weighted by molar-refractivity contribution is 7.78. The Kier molecular flexibility index (Phi) is 5.62. The minimum absolute atomic E-state index is 0.0277. The highest BCUT2D eigenvalue weighted by Gasteiger charge is 2.32. The van der Waals surface area contributed by atoms with Crippen molar-refractivity contribution < 1.29 is 26.3 Å². The van der Waals surface area contributed by atoms with Gasteiger partial charge in [-0.25, -0.2) is 4.39 Å². The smallest absolute Gasteiger partial charge is 0.416 e. The van der Waals surface area contributed by atoms with E-state index in [9.17, 15) is 26.3 Å².